The maximum absolute atomic E-state index is 5.69. The first-order valence-corrected chi connectivity index (χ1v) is 5.90. The average molecular weight is 237 g/mol. The fraction of sp³-hybridized carbons (Fsp3) is 0.636. The molecule has 0 aliphatic carbocycles. The van der Waals surface area contributed by atoms with Crippen LogP contribution in [0.15, 0.2) is 12.4 Å². The largest absolute Gasteiger partial charge is 0.378 e. The Bertz CT molecular complexity index is 351. The van der Waals surface area contributed by atoms with Crippen LogP contribution in [-0.4, -0.2) is 48.9 Å². The van der Waals surface area contributed by atoms with Crippen molar-refractivity contribution in [1.82, 2.24) is 9.97 Å². The highest BCUT2D eigenvalue weighted by atomic mass is 16.5. The Morgan fingerprint density at radius 1 is 1.47 bits per heavy atom. The van der Waals surface area contributed by atoms with Crippen LogP contribution < -0.4 is 16.0 Å². The van der Waals surface area contributed by atoms with Crippen LogP contribution in [-0.2, 0) is 4.74 Å². The van der Waals surface area contributed by atoms with Gasteiger partial charge in [-0.2, -0.15) is 0 Å². The van der Waals surface area contributed by atoms with Crippen molar-refractivity contribution < 1.29 is 4.74 Å². The van der Waals surface area contributed by atoms with Gasteiger partial charge in [0, 0.05) is 31.7 Å². The number of nitrogens with zero attached hydrogens (tertiary/aromatic N) is 3. The van der Waals surface area contributed by atoms with Crippen LogP contribution in [0.2, 0.25) is 0 Å². The normalized spacial score (nSPS) is 17.9. The van der Waals surface area contributed by atoms with Crippen LogP contribution in [0.25, 0.3) is 0 Å². The number of nitrogens with one attached hydrogen (secondary N) is 1. The van der Waals surface area contributed by atoms with Gasteiger partial charge in [0.2, 0.25) is 0 Å². The van der Waals surface area contributed by atoms with Crippen molar-refractivity contribution in [1.29, 1.82) is 0 Å². The molecule has 0 amide bonds. The highest BCUT2D eigenvalue weighted by molar-refractivity contribution is 5.48. The molecule has 1 unspecified atom stereocenters. The lowest BCUT2D eigenvalue weighted by atomic mass is 10.3. The molecule has 0 saturated carbocycles. The van der Waals surface area contributed by atoms with Gasteiger partial charge in [-0.3, -0.25) is 0 Å². The summed E-state index contributed by atoms with van der Waals surface area (Å²) in [6, 6.07) is 2.06. The van der Waals surface area contributed by atoms with E-state index in [9.17, 15) is 0 Å². The predicted octanol–water partition coefficient (Wildman–Crippen LogP) is 0.0723. The molecule has 17 heavy (non-hydrogen) atoms. The summed E-state index contributed by atoms with van der Waals surface area (Å²) in [5, 5.41) is 3.19. The summed E-state index contributed by atoms with van der Waals surface area (Å²) in [5.41, 5.74) is 5.69. The third kappa shape index (κ3) is 3.54. The molecule has 1 aromatic rings. The topological polar surface area (TPSA) is 76.3 Å². The maximum atomic E-state index is 5.69. The Labute approximate surface area is 101 Å². The van der Waals surface area contributed by atoms with Gasteiger partial charge in [0.15, 0.2) is 0 Å². The van der Waals surface area contributed by atoms with Gasteiger partial charge in [0.05, 0.1) is 13.2 Å². The molecule has 1 fully saturated rings. The zero-order valence-electron chi connectivity index (χ0n) is 10.1. The maximum Gasteiger partial charge on any atom is 0.134 e. The van der Waals surface area contributed by atoms with Gasteiger partial charge in [0.1, 0.15) is 18.0 Å². The van der Waals surface area contributed by atoms with Crippen molar-refractivity contribution in [2.75, 3.05) is 43.1 Å². The molecule has 1 aromatic heterocycles. The molecule has 1 saturated heterocycles. The lowest BCUT2D eigenvalue weighted by molar-refractivity contribution is 0.122. The van der Waals surface area contributed by atoms with Gasteiger partial charge in [-0.05, 0) is 6.92 Å². The zero-order chi connectivity index (χ0) is 12.1. The van der Waals surface area contributed by atoms with Gasteiger partial charge in [-0.25, -0.2) is 9.97 Å². The van der Waals surface area contributed by atoms with E-state index >= 15 is 0 Å². The lowest BCUT2D eigenvalue weighted by Gasteiger charge is -2.27. The first-order valence-electron chi connectivity index (χ1n) is 5.90. The Hall–Kier alpha value is -1.40. The molecule has 1 aliphatic heterocycles. The minimum absolute atomic E-state index is 0.108. The zero-order valence-corrected chi connectivity index (χ0v) is 10.1. The summed E-state index contributed by atoms with van der Waals surface area (Å²) in [4.78, 5) is 10.6. The van der Waals surface area contributed by atoms with E-state index in [2.05, 4.69) is 20.2 Å². The Morgan fingerprint density at radius 3 is 2.94 bits per heavy atom. The number of hydrogen-bond donors (Lipinski definition) is 2. The molecule has 2 heterocycles. The molecule has 2 rings (SSSR count). The second-order valence-corrected chi connectivity index (χ2v) is 4.22. The van der Waals surface area contributed by atoms with Crippen molar-refractivity contribution in [3.63, 3.8) is 0 Å². The molecule has 0 spiro atoms. The number of morpholine rings is 1. The van der Waals surface area contributed by atoms with Crippen LogP contribution in [0.4, 0.5) is 11.6 Å². The average Bonchev–Trinajstić information content (AvgIpc) is 2.38. The smallest absolute Gasteiger partial charge is 0.134 e. The first-order chi connectivity index (χ1) is 8.25. The monoisotopic (exact) mass is 237 g/mol. The molecule has 0 radical (unpaired) electrons. The summed E-state index contributed by atoms with van der Waals surface area (Å²) < 4.78 is 5.31. The molecular weight excluding hydrogens is 218 g/mol. The van der Waals surface area contributed by atoms with Gasteiger partial charge in [0.25, 0.3) is 0 Å². The standard InChI is InChI=1S/C11H19N5O/c1-9(12)7-13-10-6-11(15-8-14-10)16-2-4-17-5-3-16/h6,8-9H,2-5,7,12H2,1H3,(H,13,14,15). The van der Waals surface area contributed by atoms with Crippen molar-refractivity contribution in [2.24, 2.45) is 5.73 Å². The third-order valence-electron chi connectivity index (χ3n) is 2.59. The minimum Gasteiger partial charge on any atom is -0.378 e. The van der Waals surface area contributed by atoms with E-state index in [4.69, 9.17) is 10.5 Å². The predicted molar refractivity (Wildman–Crippen MR) is 67.2 cm³/mol. The summed E-state index contributed by atoms with van der Waals surface area (Å²) in [6.07, 6.45) is 1.58. The molecule has 0 aromatic carbocycles. The van der Waals surface area contributed by atoms with Crippen LogP contribution in [0, 0.1) is 0 Å². The van der Waals surface area contributed by atoms with Crippen molar-refractivity contribution in [3.05, 3.63) is 12.4 Å². The van der Waals surface area contributed by atoms with Gasteiger partial charge < -0.3 is 20.7 Å². The first kappa shape index (κ1) is 12.1. The van der Waals surface area contributed by atoms with E-state index < -0.39 is 0 Å². The molecule has 1 aliphatic rings. The van der Waals surface area contributed by atoms with Gasteiger partial charge >= 0.3 is 0 Å². The summed E-state index contributed by atoms with van der Waals surface area (Å²) in [7, 11) is 0. The number of aromatic nitrogens is 2. The Balaban J connectivity index is 2.00. The summed E-state index contributed by atoms with van der Waals surface area (Å²) >= 11 is 0. The third-order valence-corrected chi connectivity index (χ3v) is 2.59. The number of rotatable bonds is 4. The second kappa shape index (κ2) is 5.79. The lowest BCUT2D eigenvalue weighted by Crippen LogP contribution is -2.36. The summed E-state index contributed by atoms with van der Waals surface area (Å²) in [6.45, 7) is 5.93. The van der Waals surface area contributed by atoms with Crippen molar-refractivity contribution in [2.45, 2.75) is 13.0 Å². The molecule has 6 nitrogen and oxygen atoms in total. The highest BCUT2D eigenvalue weighted by Gasteiger charge is 2.12. The molecule has 6 heteroatoms. The van der Waals surface area contributed by atoms with Crippen LogP contribution in [0.3, 0.4) is 0 Å². The number of hydrogen-bond acceptors (Lipinski definition) is 6. The summed E-state index contributed by atoms with van der Waals surface area (Å²) in [5.74, 6) is 1.76. The number of anilines is 2. The minimum atomic E-state index is 0.108. The van der Waals surface area contributed by atoms with Crippen molar-refractivity contribution in [3.8, 4) is 0 Å². The SMILES string of the molecule is CC(N)CNc1cc(N2CCOCC2)ncn1. The van der Waals surface area contributed by atoms with E-state index in [-0.39, 0.29) is 6.04 Å². The second-order valence-electron chi connectivity index (χ2n) is 4.22. The number of ether oxygens (including phenoxy) is 1. The van der Waals surface area contributed by atoms with Crippen LogP contribution in [0.1, 0.15) is 6.92 Å². The van der Waals surface area contributed by atoms with Crippen molar-refractivity contribution >= 4 is 11.6 Å². The Morgan fingerprint density at radius 2 is 2.24 bits per heavy atom. The van der Waals surface area contributed by atoms with Gasteiger partial charge in [-0.15, -0.1) is 0 Å². The van der Waals surface area contributed by atoms with Crippen LogP contribution in [0.5, 0.6) is 0 Å². The molecule has 94 valence electrons. The highest BCUT2D eigenvalue weighted by Crippen LogP contribution is 2.15. The fourth-order valence-electron chi connectivity index (χ4n) is 1.67. The quantitative estimate of drug-likeness (QED) is 0.772. The molecule has 3 N–H and O–H groups in total. The van der Waals surface area contributed by atoms with E-state index in [1.54, 1.807) is 6.33 Å². The van der Waals surface area contributed by atoms with E-state index in [0.717, 1.165) is 37.9 Å². The molecule has 0 bridgehead atoms. The fourth-order valence-corrected chi connectivity index (χ4v) is 1.67. The van der Waals surface area contributed by atoms with E-state index in [1.165, 1.54) is 0 Å². The molecular formula is C11H19N5O. The van der Waals surface area contributed by atoms with Gasteiger partial charge in [-0.1, -0.05) is 0 Å². The molecule has 1 atom stereocenters. The van der Waals surface area contributed by atoms with Crippen LogP contribution >= 0.6 is 0 Å². The number of nitrogens with two attached hydrogens (primary N) is 1. The van der Waals surface area contributed by atoms with E-state index in [0.29, 0.717) is 6.54 Å². The Kier molecular flexibility index (Phi) is 4.11. The van der Waals surface area contributed by atoms with E-state index in [1.807, 2.05) is 13.0 Å².